The Morgan fingerprint density at radius 1 is 1.41 bits per heavy atom. The number of thioether (sulfide) groups is 1. The molecule has 7 heteroatoms. The zero-order valence-corrected chi connectivity index (χ0v) is 9.94. The second kappa shape index (κ2) is 4.79. The molecule has 1 aliphatic heterocycles. The number of nitrogens with one attached hydrogen (secondary N) is 1. The van der Waals surface area contributed by atoms with Gasteiger partial charge in [-0.15, -0.1) is 0 Å². The highest BCUT2D eigenvalue weighted by atomic mass is 32.2. The maximum absolute atomic E-state index is 11.8. The average molecular weight is 255 g/mol. The van der Waals surface area contributed by atoms with Gasteiger partial charge in [-0.05, 0) is 30.4 Å². The Kier molecular flexibility index (Phi) is 3.37. The van der Waals surface area contributed by atoms with Crippen LogP contribution in [-0.4, -0.2) is 43.9 Å². The van der Waals surface area contributed by atoms with Crippen molar-refractivity contribution in [1.29, 1.82) is 0 Å². The summed E-state index contributed by atoms with van der Waals surface area (Å²) in [4.78, 5) is 23.1. The molecule has 1 aromatic heterocycles. The van der Waals surface area contributed by atoms with E-state index in [0.717, 1.165) is 16.2 Å². The van der Waals surface area contributed by atoms with E-state index in [4.69, 9.17) is 0 Å². The first-order valence-electron chi connectivity index (χ1n) is 5.27. The fourth-order valence-corrected chi connectivity index (χ4v) is 2.95. The highest BCUT2D eigenvalue weighted by Crippen LogP contribution is 2.27. The summed E-state index contributed by atoms with van der Waals surface area (Å²) in [6.45, 7) is 0. The van der Waals surface area contributed by atoms with Crippen LogP contribution < -0.4 is 5.32 Å². The van der Waals surface area contributed by atoms with Crippen molar-refractivity contribution in [2.24, 2.45) is 0 Å². The molecular formula is C10H13N3O3S. The maximum Gasteiger partial charge on any atom is 0.342 e. The zero-order chi connectivity index (χ0) is 12.3. The normalized spacial score (nSPS) is 18.6. The summed E-state index contributed by atoms with van der Waals surface area (Å²) in [5, 5.41) is 15.6. The Hall–Kier alpha value is -1.50. The molecule has 2 N–H and O–H groups in total. The van der Waals surface area contributed by atoms with Crippen molar-refractivity contribution in [3.05, 3.63) is 18.5 Å². The fourth-order valence-electron chi connectivity index (χ4n) is 1.76. The molecule has 1 amide bonds. The van der Waals surface area contributed by atoms with Crippen LogP contribution in [0.2, 0.25) is 0 Å². The number of carboxylic acids is 1. The monoisotopic (exact) mass is 255 g/mol. The van der Waals surface area contributed by atoms with E-state index in [9.17, 15) is 14.7 Å². The predicted molar refractivity (Wildman–Crippen MR) is 63.1 cm³/mol. The Morgan fingerprint density at radius 2 is 2.12 bits per heavy atom. The molecule has 1 fully saturated rings. The summed E-state index contributed by atoms with van der Waals surface area (Å²) in [6, 6.07) is 1.12. The molecule has 0 unspecified atom stereocenters. The van der Waals surface area contributed by atoms with Crippen LogP contribution in [0, 0.1) is 0 Å². The molecule has 1 saturated heterocycles. The third kappa shape index (κ3) is 2.44. The molecule has 0 spiro atoms. The molecular weight excluding hydrogens is 242 g/mol. The first-order chi connectivity index (χ1) is 8.14. The van der Waals surface area contributed by atoms with Crippen molar-refractivity contribution in [3.63, 3.8) is 0 Å². The summed E-state index contributed by atoms with van der Waals surface area (Å²) in [5.74, 6) is 0.510. The third-order valence-electron chi connectivity index (χ3n) is 2.81. The zero-order valence-electron chi connectivity index (χ0n) is 9.13. The van der Waals surface area contributed by atoms with E-state index >= 15 is 0 Å². The molecule has 0 bridgehead atoms. The Balaban J connectivity index is 2.13. The van der Waals surface area contributed by atoms with Crippen molar-refractivity contribution in [3.8, 4) is 0 Å². The maximum atomic E-state index is 11.8. The second-order valence-electron chi connectivity index (χ2n) is 3.88. The SMILES string of the molecule is O=C(NC1(C(=O)O)CCSCC1)n1cccn1. The number of hydrogen-bond donors (Lipinski definition) is 2. The molecule has 0 atom stereocenters. The van der Waals surface area contributed by atoms with Gasteiger partial charge in [0, 0.05) is 12.4 Å². The minimum absolute atomic E-state index is 0.444. The smallest absolute Gasteiger partial charge is 0.342 e. The summed E-state index contributed by atoms with van der Waals surface area (Å²) in [6.07, 6.45) is 3.85. The molecule has 0 aromatic carbocycles. The number of aromatic nitrogens is 2. The van der Waals surface area contributed by atoms with Crippen LogP contribution in [0.1, 0.15) is 12.8 Å². The summed E-state index contributed by atoms with van der Waals surface area (Å²) in [5.41, 5.74) is -1.14. The van der Waals surface area contributed by atoms with Gasteiger partial charge in [-0.3, -0.25) is 0 Å². The fraction of sp³-hybridized carbons (Fsp3) is 0.500. The largest absolute Gasteiger partial charge is 0.480 e. The number of aliphatic carboxylic acids is 1. The highest BCUT2D eigenvalue weighted by molar-refractivity contribution is 7.99. The van der Waals surface area contributed by atoms with E-state index in [1.54, 1.807) is 17.8 Å². The Bertz CT molecular complexity index is 412. The summed E-state index contributed by atoms with van der Waals surface area (Å²) < 4.78 is 1.10. The van der Waals surface area contributed by atoms with Crippen molar-refractivity contribution < 1.29 is 14.7 Å². The van der Waals surface area contributed by atoms with Crippen molar-refractivity contribution in [2.45, 2.75) is 18.4 Å². The minimum atomic E-state index is -1.14. The molecule has 2 heterocycles. The molecule has 6 nitrogen and oxygen atoms in total. The molecule has 1 aromatic rings. The van der Waals surface area contributed by atoms with Crippen LogP contribution in [0.25, 0.3) is 0 Å². The standard InChI is InChI=1S/C10H13N3O3S/c14-8(15)10(2-6-17-7-3-10)12-9(16)13-5-1-4-11-13/h1,4-5H,2-3,6-7H2,(H,12,16)(H,14,15). The third-order valence-corrected chi connectivity index (χ3v) is 3.80. The van der Waals surface area contributed by atoms with E-state index in [1.807, 2.05) is 0 Å². The predicted octanol–water partition coefficient (Wildman–Crippen LogP) is 0.791. The van der Waals surface area contributed by atoms with Crippen LogP contribution in [0.15, 0.2) is 18.5 Å². The molecule has 92 valence electrons. The second-order valence-corrected chi connectivity index (χ2v) is 5.11. The number of rotatable bonds is 2. The van der Waals surface area contributed by atoms with Gasteiger partial charge in [0.25, 0.3) is 0 Å². The minimum Gasteiger partial charge on any atom is -0.480 e. The lowest BCUT2D eigenvalue weighted by Gasteiger charge is -2.33. The number of carbonyl (C=O) groups is 2. The lowest BCUT2D eigenvalue weighted by molar-refractivity contribution is -0.144. The average Bonchev–Trinajstić information content (AvgIpc) is 2.83. The topological polar surface area (TPSA) is 84.2 Å². The van der Waals surface area contributed by atoms with Gasteiger partial charge in [-0.1, -0.05) is 0 Å². The molecule has 1 aliphatic rings. The van der Waals surface area contributed by atoms with E-state index in [0.29, 0.717) is 12.8 Å². The van der Waals surface area contributed by atoms with E-state index in [1.165, 1.54) is 12.4 Å². The van der Waals surface area contributed by atoms with Gasteiger partial charge in [0.2, 0.25) is 0 Å². The van der Waals surface area contributed by atoms with Crippen LogP contribution >= 0.6 is 11.8 Å². The van der Waals surface area contributed by atoms with Crippen LogP contribution in [0.5, 0.6) is 0 Å². The summed E-state index contributed by atoms with van der Waals surface area (Å²) in [7, 11) is 0. The quantitative estimate of drug-likeness (QED) is 0.816. The van der Waals surface area contributed by atoms with Gasteiger partial charge >= 0.3 is 12.0 Å². The van der Waals surface area contributed by atoms with Gasteiger partial charge in [-0.2, -0.15) is 21.5 Å². The van der Waals surface area contributed by atoms with E-state index in [2.05, 4.69) is 10.4 Å². The van der Waals surface area contributed by atoms with E-state index in [-0.39, 0.29) is 0 Å². The first kappa shape index (κ1) is 12.0. The summed E-state index contributed by atoms with van der Waals surface area (Å²) >= 11 is 1.70. The molecule has 17 heavy (non-hydrogen) atoms. The molecule has 0 radical (unpaired) electrons. The number of hydrogen-bond acceptors (Lipinski definition) is 4. The van der Waals surface area contributed by atoms with Gasteiger partial charge in [0.15, 0.2) is 0 Å². The van der Waals surface area contributed by atoms with Crippen LogP contribution in [0.3, 0.4) is 0 Å². The lowest BCUT2D eigenvalue weighted by Crippen LogP contribution is -2.57. The Morgan fingerprint density at radius 3 is 2.65 bits per heavy atom. The number of carbonyl (C=O) groups excluding carboxylic acids is 1. The first-order valence-corrected chi connectivity index (χ1v) is 6.43. The van der Waals surface area contributed by atoms with Crippen LogP contribution in [-0.2, 0) is 4.79 Å². The van der Waals surface area contributed by atoms with Gasteiger partial charge in [0.1, 0.15) is 5.54 Å². The molecule has 0 saturated carbocycles. The van der Waals surface area contributed by atoms with Crippen LogP contribution in [0.4, 0.5) is 4.79 Å². The van der Waals surface area contributed by atoms with Gasteiger partial charge in [0.05, 0.1) is 0 Å². The number of amides is 1. The van der Waals surface area contributed by atoms with Crippen molar-refractivity contribution in [2.75, 3.05) is 11.5 Å². The number of carboxylic acid groups (broad SMARTS) is 1. The molecule has 0 aliphatic carbocycles. The van der Waals surface area contributed by atoms with E-state index < -0.39 is 17.5 Å². The lowest BCUT2D eigenvalue weighted by atomic mass is 9.92. The van der Waals surface area contributed by atoms with Crippen molar-refractivity contribution >= 4 is 23.8 Å². The van der Waals surface area contributed by atoms with Crippen molar-refractivity contribution in [1.82, 2.24) is 15.1 Å². The number of nitrogens with zero attached hydrogens (tertiary/aromatic N) is 2. The highest BCUT2D eigenvalue weighted by Gasteiger charge is 2.41. The Labute approximate surface area is 102 Å². The van der Waals surface area contributed by atoms with Gasteiger partial charge < -0.3 is 10.4 Å². The molecule has 2 rings (SSSR count). The van der Waals surface area contributed by atoms with Gasteiger partial charge in [-0.25, -0.2) is 9.59 Å².